The molecule has 0 saturated heterocycles. The van der Waals surface area contributed by atoms with E-state index in [2.05, 4.69) is 20.5 Å². The van der Waals surface area contributed by atoms with Gasteiger partial charge in [0.15, 0.2) is 10.8 Å². The number of benzene rings is 1. The number of anilines is 1. The number of nitrogens with one attached hydrogen (secondary N) is 1. The van der Waals surface area contributed by atoms with Crippen molar-refractivity contribution >= 4 is 23.5 Å². The average Bonchev–Trinajstić information content (AvgIpc) is 3.00. The lowest BCUT2D eigenvalue weighted by Gasteiger charge is -2.10. The molecule has 0 radical (unpaired) electrons. The molecule has 0 spiro atoms. The van der Waals surface area contributed by atoms with Crippen LogP contribution < -0.4 is 5.43 Å². The second-order valence-corrected chi connectivity index (χ2v) is 6.04. The molecule has 0 atom stereocenters. The lowest BCUT2D eigenvalue weighted by atomic mass is 10.1. The molecule has 3 aromatic rings. The fourth-order valence-corrected chi connectivity index (χ4v) is 2.57. The van der Waals surface area contributed by atoms with Crippen LogP contribution in [0.4, 0.5) is 27.9 Å². The predicted molar refractivity (Wildman–Crippen MR) is 87.9 cm³/mol. The molecule has 4 nitrogen and oxygen atoms in total. The fourth-order valence-electron chi connectivity index (χ4n) is 1.96. The molecule has 0 amide bonds. The number of nitrogens with zero attached hydrogens (tertiary/aromatic N) is 3. The zero-order valence-corrected chi connectivity index (χ0v) is 13.6. The van der Waals surface area contributed by atoms with Crippen LogP contribution in [0.25, 0.3) is 11.3 Å². The number of hydrogen-bond acceptors (Lipinski definition) is 5. The molecule has 0 bridgehead atoms. The normalized spacial score (nSPS) is 11.9. The van der Waals surface area contributed by atoms with E-state index >= 15 is 0 Å². The van der Waals surface area contributed by atoms with Gasteiger partial charge in [0.05, 0.1) is 16.8 Å². The minimum atomic E-state index is -4.70. The summed E-state index contributed by atoms with van der Waals surface area (Å²) in [4.78, 5) is 7.79. The zero-order valence-electron chi connectivity index (χ0n) is 12.8. The van der Waals surface area contributed by atoms with Gasteiger partial charge in [0.2, 0.25) is 5.95 Å². The Labute approximate surface area is 148 Å². The highest BCUT2D eigenvalue weighted by molar-refractivity contribution is 7.12. The highest BCUT2D eigenvalue weighted by Gasteiger charge is 2.33. The van der Waals surface area contributed by atoms with Gasteiger partial charge < -0.3 is 0 Å². The van der Waals surface area contributed by atoms with Crippen molar-refractivity contribution in [3.05, 3.63) is 64.0 Å². The van der Waals surface area contributed by atoms with Gasteiger partial charge in [0.25, 0.3) is 0 Å². The molecule has 2 heterocycles. The van der Waals surface area contributed by atoms with Crippen molar-refractivity contribution in [2.75, 3.05) is 5.43 Å². The van der Waals surface area contributed by atoms with Gasteiger partial charge in [-0.05, 0) is 42.5 Å². The molecule has 0 aliphatic rings. The minimum Gasteiger partial charge on any atom is -0.245 e. The van der Waals surface area contributed by atoms with Crippen LogP contribution in [0.3, 0.4) is 0 Å². The fraction of sp³-hybridized carbons (Fsp3) is 0.0625. The number of thiophene rings is 1. The van der Waals surface area contributed by atoms with Crippen LogP contribution in [0.15, 0.2) is 47.6 Å². The summed E-state index contributed by atoms with van der Waals surface area (Å²) in [7, 11) is 0. The smallest absolute Gasteiger partial charge is 0.245 e. The number of hydrazone groups is 1. The molecule has 0 unspecified atom stereocenters. The van der Waals surface area contributed by atoms with E-state index < -0.39 is 28.8 Å². The Balaban J connectivity index is 1.92. The van der Waals surface area contributed by atoms with Crippen molar-refractivity contribution < 1.29 is 22.0 Å². The van der Waals surface area contributed by atoms with Gasteiger partial charge in [-0.3, -0.25) is 0 Å². The molecule has 134 valence electrons. The highest BCUT2D eigenvalue weighted by atomic mass is 32.1. The Kier molecular flexibility index (Phi) is 4.94. The minimum absolute atomic E-state index is 0.0489. The van der Waals surface area contributed by atoms with Crippen LogP contribution in [-0.2, 0) is 6.18 Å². The van der Waals surface area contributed by atoms with E-state index in [0.29, 0.717) is 4.88 Å². The molecule has 0 saturated carbocycles. The Bertz CT molecular complexity index is 935. The van der Waals surface area contributed by atoms with E-state index in [-0.39, 0.29) is 11.3 Å². The van der Waals surface area contributed by atoms with E-state index in [1.165, 1.54) is 30.5 Å². The number of halogens is 5. The highest BCUT2D eigenvalue weighted by Crippen LogP contribution is 2.31. The summed E-state index contributed by atoms with van der Waals surface area (Å²) in [5.41, 5.74) is 1.35. The Morgan fingerprint density at radius 2 is 1.73 bits per heavy atom. The van der Waals surface area contributed by atoms with Crippen molar-refractivity contribution in [2.45, 2.75) is 6.18 Å². The van der Waals surface area contributed by atoms with Gasteiger partial charge in [0, 0.05) is 5.56 Å². The third kappa shape index (κ3) is 4.39. The van der Waals surface area contributed by atoms with Crippen LogP contribution in [0, 0.1) is 10.9 Å². The van der Waals surface area contributed by atoms with Gasteiger partial charge >= 0.3 is 6.18 Å². The van der Waals surface area contributed by atoms with Crippen LogP contribution in [0.1, 0.15) is 10.6 Å². The number of aromatic nitrogens is 2. The monoisotopic (exact) mass is 384 g/mol. The van der Waals surface area contributed by atoms with Crippen LogP contribution in [0.5, 0.6) is 0 Å². The number of alkyl halides is 3. The molecule has 2 aromatic heterocycles. The first-order valence-corrected chi connectivity index (χ1v) is 7.89. The third-order valence-corrected chi connectivity index (χ3v) is 3.92. The van der Waals surface area contributed by atoms with Crippen molar-refractivity contribution in [3.63, 3.8) is 0 Å². The van der Waals surface area contributed by atoms with Gasteiger partial charge in [-0.25, -0.2) is 19.8 Å². The Morgan fingerprint density at radius 1 is 1.00 bits per heavy atom. The van der Waals surface area contributed by atoms with Crippen molar-refractivity contribution in [1.29, 1.82) is 0 Å². The van der Waals surface area contributed by atoms with E-state index in [0.717, 1.165) is 29.5 Å². The number of rotatable bonds is 4. The summed E-state index contributed by atoms with van der Waals surface area (Å²) >= 11 is 0.819. The molecule has 0 fully saturated rings. The number of hydrogen-bond donors (Lipinski definition) is 1. The van der Waals surface area contributed by atoms with Crippen molar-refractivity contribution in [2.24, 2.45) is 5.10 Å². The summed E-state index contributed by atoms with van der Waals surface area (Å²) in [6, 6.07) is 8.29. The maximum absolute atomic E-state index is 13.1. The van der Waals surface area contributed by atoms with Crippen LogP contribution in [-0.4, -0.2) is 16.2 Å². The largest absolute Gasteiger partial charge is 0.433 e. The molecular formula is C16H9F5N4S. The molecular weight excluding hydrogens is 375 g/mol. The molecule has 26 heavy (non-hydrogen) atoms. The quantitative estimate of drug-likeness (QED) is 0.393. The van der Waals surface area contributed by atoms with E-state index in [1.54, 1.807) is 0 Å². The molecule has 1 N–H and O–H groups in total. The standard InChI is InChI=1S/C16H9F5N4S/c17-10-3-1-9(2-4-10)12-7-13(16(19,20)21)24-15(23-12)25-22-8-11-5-6-14(18)26-11/h1-8H,(H,23,24,25). The maximum Gasteiger partial charge on any atom is 0.433 e. The van der Waals surface area contributed by atoms with Gasteiger partial charge in [0.1, 0.15) is 5.82 Å². The maximum atomic E-state index is 13.1. The molecule has 3 rings (SSSR count). The second-order valence-electron chi connectivity index (χ2n) is 4.98. The topological polar surface area (TPSA) is 50.2 Å². The van der Waals surface area contributed by atoms with Gasteiger partial charge in [-0.15, -0.1) is 11.3 Å². The van der Waals surface area contributed by atoms with Crippen molar-refractivity contribution in [1.82, 2.24) is 9.97 Å². The van der Waals surface area contributed by atoms with Crippen LogP contribution >= 0.6 is 11.3 Å². The summed E-state index contributed by atoms with van der Waals surface area (Å²) in [6.45, 7) is 0. The van der Waals surface area contributed by atoms with E-state index in [4.69, 9.17) is 0 Å². The molecule has 1 aromatic carbocycles. The lowest BCUT2D eigenvalue weighted by Crippen LogP contribution is -2.11. The molecule has 10 heteroatoms. The van der Waals surface area contributed by atoms with Gasteiger partial charge in [-0.2, -0.15) is 22.7 Å². The van der Waals surface area contributed by atoms with E-state index in [9.17, 15) is 22.0 Å². The van der Waals surface area contributed by atoms with Crippen molar-refractivity contribution in [3.8, 4) is 11.3 Å². The summed E-state index contributed by atoms with van der Waals surface area (Å²) in [6.07, 6.45) is -3.47. The summed E-state index contributed by atoms with van der Waals surface area (Å²) in [5.74, 6) is -0.919. The predicted octanol–water partition coefficient (Wildman–Crippen LogP) is 4.95. The zero-order chi connectivity index (χ0) is 18.7. The Hall–Kier alpha value is -2.88. The summed E-state index contributed by atoms with van der Waals surface area (Å²) in [5, 5.41) is 3.30. The third-order valence-electron chi connectivity index (χ3n) is 3.11. The van der Waals surface area contributed by atoms with E-state index in [1.807, 2.05) is 0 Å². The lowest BCUT2D eigenvalue weighted by molar-refractivity contribution is -0.141. The first-order chi connectivity index (χ1) is 12.3. The second kappa shape index (κ2) is 7.16. The summed E-state index contributed by atoms with van der Waals surface area (Å²) < 4.78 is 65.1. The SMILES string of the molecule is Fc1ccc(-c2cc(C(F)(F)F)nc(NN=Cc3ccc(F)s3)n2)cc1. The Morgan fingerprint density at radius 3 is 2.35 bits per heavy atom. The first kappa shape index (κ1) is 17.9. The average molecular weight is 384 g/mol. The van der Waals surface area contributed by atoms with Crippen LogP contribution in [0.2, 0.25) is 0 Å². The molecule has 0 aliphatic carbocycles. The van der Waals surface area contributed by atoms with Gasteiger partial charge in [-0.1, -0.05) is 0 Å². The molecule has 0 aliphatic heterocycles. The first-order valence-electron chi connectivity index (χ1n) is 7.08.